The second-order valence-corrected chi connectivity index (χ2v) is 8.48. The number of aryl methyl sites for hydroxylation is 2. The van der Waals surface area contributed by atoms with Gasteiger partial charge in [-0.2, -0.15) is 0 Å². The predicted octanol–water partition coefficient (Wildman–Crippen LogP) is 5.84. The highest BCUT2D eigenvalue weighted by Crippen LogP contribution is 2.45. The lowest BCUT2D eigenvalue weighted by Crippen LogP contribution is -2.04. The van der Waals surface area contributed by atoms with Crippen LogP contribution in [-0.2, 0) is 12.8 Å². The Balaban J connectivity index is 2.06. The first-order valence-electron chi connectivity index (χ1n) is 7.26. The molecule has 0 aliphatic carbocycles. The van der Waals surface area contributed by atoms with E-state index >= 15 is 0 Å². The molecule has 0 N–H and O–H groups in total. The van der Waals surface area contributed by atoms with E-state index in [0.717, 1.165) is 5.33 Å². The van der Waals surface area contributed by atoms with Gasteiger partial charge < -0.3 is 0 Å². The highest BCUT2D eigenvalue weighted by Gasteiger charge is 2.19. The van der Waals surface area contributed by atoms with Gasteiger partial charge in [-0.3, -0.25) is 0 Å². The molecule has 1 saturated heterocycles. The van der Waals surface area contributed by atoms with Crippen molar-refractivity contribution in [3.8, 4) is 0 Å². The maximum atomic E-state index is 3.51. The summed E-state index contributed by atoms with van der Waals surface area (Å²) in [5.41, 5.74) is 4.68. The molecule has 1 aliphatic heterocycles. The average molecular weight is 359 g/mol. The average Bonchev–Trinajstić information content (AvgIpc) is 2.48. The van der Waals surface area contributed by atoms with Crippen LogP contribution in [0.2, 0.25) is 0 Å². The first-order chi connectivity index (χ1) is 9.35. The zero-order valence-corrected chi connectivity index (χ0v) is 14.9. The highest BCUT2D eigenvalue weighted by molar-refractivity contribution is 9.09. The molecule has 1 heterocycles. The van der Waals surface area contributed by atoms with Crippen molar-refractivity contribution >= 4 is 39.5 Å². The maximum Gasteiger partial charge on any atom is 0.0753 e. The zero-order chi connectivity index (χ0) is 13.5. The fourth-order valence-corrected chi connectivity index (χ4v) is 5.85. The summed E-state index contributed by atoms with van der Waals surface area (Å²) in [5.74, 6) is 2.65. The lowest BCUT2D eigenvalue weighted by Gasteiger charge is -2.23. The molecule has 3 heteroatoms. The van der Waals surface area contributed by atoms with Gasteiger partial charge in [0.1, 0.15) is 0 Å². The maximum absolute atomic E-state index is 3.51. The fraction of sp³-hybridized carbons (Fsp3) is 0.625. The summed E-state index contributed by atoms with van der Waals surface area (Å²) in [7, 11) is 0. The molecule has 0 saturated carbocycles. The number of rotatable bonds is 6. The summed E-state index contributed by atoms with van der Waals surface area (Å²) < 4.78 is 0.681. The Morgan fingerprint density at radius 3 is 2.68 bits per heavy atom. The second kappa shape index (κ2) is 8.63. The first-order valence-corrected chi connectivity index (χ1v) is 10.5. The van der Waals surface area contributed by atoms with Crippen molar-refractivity contribution in [1.82, 2.24) is 0 Å². The number of hydrogen-bond donors (Lipinski definition) is 0. The first kappa shape index (κ1) is 15.8. The van der Waals surface area contributed by atoms with Gasteiger partial charge in [0.25, 0.3) is 0 Å². The Labute approximate surface area is 134 Å². The second-order valence-electron chi connectivity index (χ2n) is 4.96. The minimum atomic E-state index is 0.681. The standard InChI is InChI=1S/C16H23BrS2/c1-2-14-12-13(6-3-4-9-17)7-8-15(14)16-18-10-5-11-19-16/h7-8,12,16H,2-6,9-11H2,1H3. The molecule has 0 atom stereocenters. The van der Waals surface area contributed by atoms with Crippen LogP contribution in [0.25, 0.3) is 0 Å². The molecular formula is C16H23BrS2. The van der Waals surface area contributed by atoms with E-state index in [4.69, 9.17) is 0 Å². The Kier molecular flexibility index (Phi) is 7.17. The quantitative estimate of drug-likeness (QED) is 0.463. The molecule has 106 valence electrons. The summed E-state index contributed by atoms with van der Waals surface area (Å²) in [6, 6.07) is 7.22. The SMILES string of the molecule is CCc1cc(CCCCBr)ccc1C1SCCCS1. The number of thioether (sulfide) groups is 2. The van der Waals surface area contributed by atoms with Gasteiger partial charge in [0.15, 0.2) is 0 Å². The Morgan fingerprint density at radius 2 is 2.00 bits per heavy atom. The lowest BCUT2D eigenvalue weighted by atomic mass is 10.00. The highest BCUT2D eigenvalue weighted by atomic mass is 79.9. The van der Waals surface area contributed by atoms with Gasteiger partial charge in [0, 0.05) is 5.33 Å². The van der Waals surface area contributed by atoms with Gasteiger partial charge in [-0.1, -0.05) is 41.1 Å². The number of hydrogen-bond acceptors (Lipinski definition) is 2. The van der Waals surface area contributed by atoms with Crippen LogP contribution in [0.3, 0.4) is 0 Å². The summed E-state index contributed by atoms with van der Waals surface area (Å²) >= 11 is 7.77. The Hall–Kier alpha value is 0.400. The molecule has 1 aromatic carbocycles. The third-order valence-corrected chi connectivity index (χ3v) is 7.06. The minimum absolute atomic E-state index is 0.681. The summed E-state index contributed by atoms with van der Waals surface area (Å²) in [5, 5.41) is 1.13. The number of alkyl halides is 1. The van der Waals surface area contributed by atoms with Crippen LogP contribution in [0.5, 0.6) is 0 Å². The van der Waals surface area contributed by atoms with Crippen molar-refractivity contribution < 1.29 is 0 Å². The van der Waals surface area contributed by atoms with Crippen LogP contribution < -0.4 is 0 Å². The molecule has 1 aliphatic rings. The van der Waals surface area contributed by atoms with E-state index in [-0.39, 0.29) is 0 Å². The number of halogens is 1. The van der Waals surface area contributed by atoms with Crippen LogP contribution in [0.15, 0.2) is 18.2 Å². The van der Waals surface area contributed by atoms with E-state index in [1.807, 2.05) is 0 Å². The lowest BCUT2D eigenvalue weighted by molar-refractivity contribution is 0.804. The number of benzene rings is 1. The van der Waals surface area contributed by atoms with E-state index in [1.165, 1.54) is 49.2 Å². The molecule has 0 unspecified atom stereocenters. The molecular weight excluding hydrogens is 336 g/mol. The fourth-order valence-electron chi connectivity index (χ4n) is 2.44. The molecule has 0 bridgehead atoms. The zero-order valence-electron chi connectivity index (χ0n) is 11.7. The summed E-state index contributed by atoms with van der Waals surface area (Å²) in [4.78, 5) is 0. The van der Waals surface area contributed by atoms with Crippen LogP contribution in [0.4, 0.5) is 0 Å². The van der Waals surface area contributed by atoms with Gasteiger partial charge in [-0.05, 0) is 60.3 Å². The predicted molar refractivity (Wildman–Crippen MR) is 94.8 cm³/mol. The van der Waals surface area contributed by atoms with Gasteiger partial charge in [0.2, 0.25) is 0 Å². The largest absolute Gasteiger partial charge is 0.143 e. The molecule has 0 amide bonds. The normalized spacial score (nSPS) is 16.7. The monoisotopic (exact) mass is 358 g/mol. The van der Waals surface area contributed by atoms with Crippen LogP contribution in [-0.4, -0.2) is 16.8 Å². The van der Waals surface area contributed by atoms with E-state index in [0.29, 0.717) is 4.58 Å². The molecule has 0 aromatic heterocycles. The van der Waals surface area contributed by atoms with Crippen molar-refractivity contribution in [2.24, 2.45) is 0 Å². The van der Waals surface area contributed by atoms with Crippen molar-refractivity contribution in [1.29, 1.82) is 0 Å². The van der Waals surface area contributed by atoms with Gasteiger partial charge in [0.05, 0.1) is 4.58 Å². The van der Waals surface area contributed by atoms with E-state index in [9.17, 15) is 0 Å². The topological polar surface area (TPSA) is 0 Å². The third kappa shape index (κ3) is 4.71. The van der Waals surface area contributed by atoms with Crippen LogP contribution >= 0.6 is 39.5 Å². The van der Waals surface area contributed by atoms with Crippen molar-refractivity contribution in [3.05, 3.63) is 34.9 Å². The smallest absolute Gasteiger partial charge is 0.0753 e. The molecule has 2 rings (SSSR count). The molecule has 19 heavy (non-hydrogen) atoms. The molecule has 0 radical (unpaired) electrons. The molecule has 0 spiro atoms. The molecule has 0 nitrogen and oxygen atoms in total. The van der Waals surface area contributed by atoms with Crippen LogP contribution in [0, 0.1) is 0 Å². The Morgan fingerprint density at radius 1 is 1.21 bits per heavy atom. The van der Waals surface area contributed by atoms with Gasteiger partial charge in [-0.25, -0.2) is 0 Å². The number of unbranched alkanes of at least 4 members (excludes halogenated alkanes) is 1. The summed E-state index contributed by atoms with van der Waals surface area (Å²) in [6.07, 6.45) is 6.33. The Bertz CT molecular complexity index is 386. The van der Waals surface area contributed by atoms with Crippen molar-refractivity contribution in [3.63, 3.8) is 0 Å². The van der Waals surface area contributed by atoms with Crippen LogP contribution in [0.1, 0.15) is 47.5 Å². The van der Waals surface area contributed by atoms with E-state index < -0.39 is 0 Å². The van der Waals surface area contributed by atoms with Crippen molar-refractivity contribution in [2.75, 3.05) is 16.8 Å². The van der Waals surface area contributed by atoms with E-state index in [2.05, 4.69) is 64.6 Å². The molecule has 1 fully saturated rings. The molecule has 1 aromatic rings. The third-order valence-electron chi connectivity index (χ3n) is 3.52. The summed E-state index contributed by atoms with van der Waals surface area (Å²) in [6.45, 7) is 2.29. The minimum Gasteiger partial charge on any atom is -0.143 e. The van der Waals surface area contributed by atoms with E-state index in [1.54, 1.807) is 11.1 Å². The van der Waals surface area contributed by atoms with Gasteiger partial charge in [-0.15, -0.1) is 23.5 Å². The van der Waals surface area contributed by atoms with Crippen molar-refractivity contribution in [2.45, 2.75) is 43.6 Å². The van der Waals surface area contributed by atoms with Gasteiger partial charge >= 0.3 is 0 Å².